The number of rotatable bonds is 5. The lowest BCUT2D eigenvalue weighted by Gasteiger charge is -2.35. The summed E-state index contributed by atoms with van der Waals surface area (Å²) in [5, 5.41) is 2.41. The van der Waals surface area contributed by atoms with E-state index in [0.717, 1.165) is 73.6 Å². The van der Waals surface area contributed by atoms with Crippen LogP contribution in [0.2, 0.25) is 0 Å². The number of carbonyl (C=O) groups is 1. The zero-order chi connectivity index (χ0) is 21.4. The van der Waals surface area contributed by atoms with Gasteiger partial charge in [0, 0.05) is 43.9 Å². The average molecular weight is 417 g/mol. The quantitative estimate of drug-likeness (QED) is 0.632. The van der Waals surface area contributed by atoms with Gasteiger partial charge in [0.2, 0.25) is 0 Å². The van der Waals surface area contributed by atoms with Crippen LogP contribution >= 0.6 is 0 Å². The van der Waals surface area contributed by atoms with Crippen molar-refractivity contribution in [3.8, 4) is 11.5 Å². The van der Waals surface area contributed by atoms with Crippen LogP contribution in [0, 0.1) is 0 Å². The average Bonchev–Trinajstić information content (AvgIpc) is 3.24. The van der Waals surface area contributed by atoms with Crippen LogP contribution in [0.15, 0.2) is 48.5 Å². The zero-order valence-electron chi connectivity index (χ0n) is 18.2. The molecule has 0 bridgehead atoms. The highest BCUT2D eigenvalue weighted by Crippen LogP contribution is 2.33. The Morgan fingerprint density at radius 1 is 0.903 bits per heavy atom. The third kappa shape index (κ3) is 3.63. The summed E-state index contributed by atoms with van der Waals surface area (Å²) in [6, 6.07) is 16.5. The summed E-state index contributed by atoms with van der Waals surface area (Å²) >= 11 is 0. The van der Waals surface area contributed by atoms with E-state index in [1.54, 1.807) is 14.2 Å². The van der Waals surface area contributed by atoms with Crippen molar-refractivity contribution in [1.82, 2.24) is 9.80 Å². The predicted molar refractivity (Wildman–Crippen MR) is 122 cm³/mol. The Morgan fingerprint density at radius 2 is 1.68 bits per heavy atom. The zero-order valence-corrected chi connectivity index (χ0v) is 18.2. The van der Waals surface area contributed by atoms with Crippen LogP contribution in [-0.2, 0) is 19.4 Å². The Bertz CT molecular complexity index is 1120. The Kier molecular flexibility index (Phi) is 5.28. The van der Waals surface area contributed by atoms with Gasteiger partial charge in [0.1, 0.15) is 11.5 Å². The minimum atomic E-state index is 0.147. The molecule has 1 aliphatic carbocycles. The Hall–Kier alpha value is -3.05. The molecule has 2 aliphatic rings. The van der Waals surface area contributed by atoms with E-state index < -0.39 is 0 Å². The lowest BCUT2D eigenvalue weighted by molar-refractivity contribution is 0.0629. The summed E-state index contributed by atoms with van der Waals surface area (Å²) in [5.41, 5.74) is 4.69. The Balaban J connectivity index is 1.30. The van der Waals surface area contributed by atoms with E-state index >= 15 is 0 Å². The van der Waals surface area contributed by atoms with Gasteiger partial charge in [-0.05, 0) is 59.0 Å². The van der Waals surface area contributed by atoms with Gasteiger partial charge >= 0.3 is 0 Å². The van der Waals surface area contributed by atoms with E-state index in [1.807, 2.05) is 29.2 Å². The van der Waals surface area contributed by atoms with Crippen molar-refractivity contribution in [2.75, 3.05) is 40.4 Å². The number of methoxy groups -OCH3 is 2. The van der Waals surface area contributed by atoms with Crippen LogP contribution in [0.4, 0.5) is 0 Å². The molecule has 1 amide bonds. The van der Waals surface area contributed by atoms with Gasteiger partial charge in [-0.3, -0.25) is 9.69 Å². The maximum Gasteiger partial charge on any atom is 0.254 e. The highest BCUT2D eigenvalue weighted by molar-refractivity contribution is 6.09. The third-order valence-corrected chi connectivity index (χ3v) is 6.65. The number of carbonyl (C=O) groups excluding carboxylic acids is 1. The number of amides is 1. The number of piperazine rings is 1. The molecule has 31 heavy (non-hydrogen) atoms. The van der Waals surface area contributed by atoms with Gasteiger partial charge in [0.15, 0.2) is 0 Å². The van der Waals surface area contributed by atoms with Crippen LogP contribution in [0.1, 0.15) is 27.0 Å². The van der Waals surface area contributed by atoms with E-state index in [2.05, 4.69) is 29.2 Å². The maximum absolute atomic E-state index is 13.4. The van der Waals surface area contributed by atoms with Crippen molar-refractivity contribution in [2.24, 2.45) is 0 Å². The molecule has 3 aromatic rings. The second-order valence-electron chi connectivity index (χ2n) is 8.36. The van der Waals surface area contributed by atoms with Crippen molar-refractivity contribution >= 4 is 16.7 Å². The summed E-state index contributed by atoms with van der Waals surface area (Å²) in [5.74, 6) is 1.85. The molecular weight excluding hydrogens is 388 g/mol. The van der Waals surface area contributed by atoms with Crippen LogP contribution in [0.5, 0.6) is 11.5 Å². The highest BCUT2D eigenvalue weighted by atomic mass is 16.5. The summed E-state index contributed by atoms with van der Waals surface area (Å²) in [4.78, 5) is 17.7. The molecule has 1 saturated heterocycles. The second-order valence-corrected chi connectivity index (χ2v) is 8.36. The fraction of sp³-hybridized carbons (Fsp3) is 0.346. The molecule has 5 nitrogen and oxygen atoms in total. The van der Waals surface area contributed by atoms with Crippen LogP contribution in [0.3, 0.4) is 0 Å². The molecule has 1 fully saturated rings. The molecule has 1 aliphatic heterocycles. The van der Waals surface area contributed by atoms with E-state index in [4.69, 9.17) is 9.47 Å². The first kappa shape index (κ1) is 19.9. The van der Waals surface area contributed by atoms with Gasteiger partial charge in [-0.2, -0.15) is 0 Å². The summed E-state index contributed by atoms with van der Waals surface area (Å²) in [6.07, 6.45) is 2.16. The number of aryl methyl sites for hydroxylation is 2. The van der Waals surface area contributed by atoms with Crippen LogP contribution in [0.25, 0.3) is 10.8 Å². The monoisotopic (exact) mass is 416 g/mol. The lowest BCUT2D eigenvalue weighted by atomic mass is 9.99. The summed E-state index contributed by atoms with van der Waals surface area (Å²) in [6.45, 7) is 3.92. The topological polar surface area (TPSA) is 42.0 Å². The van der Waals surface area contributed by atoms with Crippen molar-refractivity contribution in [1.29, 1.82) is 0 Å². The first-order valence-corrected chi connectivity index (χ1v) is 10.9. The molecule has 0 spiro atoms. The van der Waals surface area contributed by atoms with Gasteiger partial charge in [-0.25, -0.2) is 0 Å². The Labute approximate surface area is 183 Å². The van der Waals surface area contributed by atoms with Crippen molar-refractivity contribution in [2.45, 2.75) is 19.4 Å². The van der Waals surface area contributed by atoms with Gasteiger partial charge < -0.3 is 14.4 Å². The second kappa shape index (κ2) is 8.23. The lowest BCUT2D eigenvalue weighted by Crippen LogP contribution is -2.48. The van der Waals surface area contributed by atoms with Gasteiger partial charge in [0.25, 0.3) is 5.91 Å². The van der Waals surface area contributed by atoms with E-state index in [-0.39, 0.29) is 5.91 Å². The first-order valence-electron chi connectivity index (χ1n) is 10.9. The maximum atomic E-state index is 13.4. The minimum Gasteiger partial charge on any atom is -0.497 e. The fourth-order valence-electron chi connectivity index (χ4n) is 4.96. The molecule has 0 atom stereocenters. The van der Waals surface area contributed by atoms with Crippen LogP contribution < -0.4 is 9.47 Å². The molecule has 3 aromatic carbocycles. The Morgan fingerprint density at radius 3 is 2.42 bits per heavy atom. The van der Waals surface area contributed by atoms with Gasteiger partial charge in [-0.15, -0.1) is 0 Å². The summed E-state index contributed by atoms with van der Waals surface area (Å²) < 4.78 is 10.9. The molecule has 5 rings (SSSR count). The van der Waals surface area contributed by atoms with E-state index in [9.17, 15) is 4.79 Å². The smallest absolute Gasteiger partial charge is 0.254 e. The molecule has 0 aromatic heterocycles. The molecule has 160 valence electrons. The number of benzene rings is 3. The minimum absolute atomic E-state index is 0.147. The molecule has 0 radical (unpaired) electrons. The number of nitrogens with zero attached hydrogens (tertiary/aromatic N) is 2. The molecule has 0 N–H and O–H groups in total. The summed E-state index contributed by atoms with van der Waals surface area (Å²) in [7, 11) is 3.37. The number of ether oxygens (including phenoxy) is 2. The molecule has 0 saturated carbocycles. The van der Waals surface area contributed by atoms with Crippen molar-refractivity contribution < 1.29 is 14.3 Å². The predicted octanol–water partition coefficient (Wildman–Crippen LogP) is 3.91. The van der Waals surface area contributed by atoms with E-state index in [1.165, 1.54) is 16.5 Å². The molecule has 5 heteroatoms. The largest absolute Gasteiger partial charge is 0.497 e. The van der Waals surface area contributed by atoms with E-state index in [0.29, 0.717) is 0 Å². The van der Waals surface area contributed by atoms with Crippen molar-refractivity contribution in [3.63, 3.8) is 0 Å². The highest BCUT2D eigenvalue weighted by Gasteiger charge is 2.25. The normalized spacial score (nSPS) is 16.0. The molecule has 1 heterocycles. The van der Waals surface area contributed by atoms with Crippen LogP contribution in [-0.4, -0.2) is 56.1 Å². The SMILES string of the molecule is COc1ccc(OC)c(CN2CCN(C(=O)c3ccc4c5c(cccc35)CC4)CC2)c1. The van der Waals surface area contributed by atoms with Gasteiger partial charge in [0.05, 0.1) is 14.2 Å². The number of hydrogen-bond donors (Lipinski definition) is 0. The number of hydrogen-bond acceptors (Lipinski definition) is 4. The molecular formula is C26H28N2O3. The standard InChI is InChI=1S/C26H28N2O3/c1-30-21-9-11-24(31-2)20(16-21)17-27-12-14-28(15-13-27)26(29)23-10-8-19-7-6-18-4-3-5-22(23)25(18)19/h3-5,8-11,16H,6-7,12-15,17H2,1-2H3. The van der Waals surface area contributed by atoms with Crippen molar-refractivity contribution in [3.05, 3.63) is 70.8 Å². The molecule has 0 unspecified atom stereocenters. The third-order valence-electron chi connectivity index (χ3n) is 6.65. The first-order chi connectivity index (χ1) is 15.2. The fourth-order valence-corrected chi connectivity index (χ4v) is 4.96. The van der Waals surface area contributed by atoms with Gasteiger partial charge in [-0.1, -0.05) is 24.3 Å².